The Labute approximate surface area is 207 Å². The highest BCUT2D eigenvalue weighted by atomic mass is 32.1. The number of carbonyl (C=O) groups excluding carboxylic acids is 1. The molecule has 36 heavy (non-hydrogen) atoms. The number of nitrogens with zero attached hydrogens (tertiary/aromatic N) is 2. The fraction of sp³-hybridized carbons (Fsp3) is 0.240. The highest BCUT2D eigenvalue weighted by Gasteiger charge is 2.33. The smallest absolute Gasteiger partial charge is 0.387 e. The number of thiazole rings is 1. The Kier molecular flexibility index (Phi) is 7.30. The standard InChI is InChI=1S/C25H21F3N2O5S/c1-4-34-23(32)20-13(2)29-25-30(21(20)15-6-8-16(26)9-7-15)22(31)19(36-25)12-14-5-10-17(35-24(27)28)18(11-14)33-3/h5-12,21,24H,4H2,1-3H3/b19-12+/t21-/m0/s1. The van der Waals surface area contributed by atoms with Crippen LogP contribution in [0.3, 0.4) is 0 Å². The first-order chi connectivity index (χ1) is 17.2. The highest BCUT2D eigenvalue weighted by molar-refractivity contribution is 7.07. The van der Waals surface area contributed by atoms with Gasteiger partial charge in [-0.15, -0.1) is 0 Å². The van der Waals surface area contributed by atoms with Gasteiger partial charge < -0.3 is 14.2 Å². The third kappa shape index (κ3) is 4.92. The van der Waals surface area contributed by atoms with Crippen molar-refractivity contribution in [2.45, 2.75) is 26.5 Å². The predicted molar refractivity (Wildman–Crippen MR) is 126 cm³/mol. The minimum atomic E-state index is -3.02. The number of methoxy groups -OCH3 is 1. The molecule has 0 saturated heterocycles. The van der Waals surface area contributed by atoms with Crippen LogP contribution in [0.4, 0.5) is 13.2 Å². The topological polar surface area (TPSA) is 79.1 Å². The van der Waals surface area contributed by atoms with Crippen LogP contribution in [0.1, 0.15) is 31.0 Å². The Morgan fingerprint density at radius 2 is 1.92 bits per heavy atom. The van der Waals surface area contributed by atoms with Crippen molar-refractivity contribution in [3.8, 4) is 11.5 Å². The number of aromatic nitrogens is 1. The van der Waals surface area contributed by atoms with Crippen LogP contribution in [0.5, 0.6) is 11.5 Å². The highest BCUT2D eigenvalue weighted by Crippen LogP contribution is 2.31. The van der Waals surface area contributed by atoms with Gasteiger partial charge in [0.1, 0.15) is 5.82 Å². The number of allylic oxidation sites excluding steroid dienone is 1. The van der Waals surface area contributed by atoms with Crippen molar-refractivity contribution in [2.75, 3.05) is 13.7 Å². The van der Waals surface area contributed by atoms with Gasteiger partial charge in [-0.05, 0) is 55.3 Å². The molecule has 7 nitrogen and oxygen atoms in total. The second-order valence-corrected chi connectivity index (χ2v) is 8.65. The van der Waals surface area contributed by atoms with Crippen LogP contribution in [-0.4, -0.2) is 30.9 Å². The fourth-order valence-electron chi connectivity index (χ4n) is 3.87. The summed E-state index contributed by atoms with van der Waals surface area (Å²) in [4.78, 5) is 31.2. The molecular formula is C25H21F3N2O5S. The molecule has 0 N–H and O–H groups in total. The second-order valence-electron chi connectivity index (χ2n) is 7.64. The lowest BCUT2D eigenvalue weighted by Crippen LogP contribution is -2.39. The average Bonchev–Trinajstić information content (AvgIpc) is 3.13. The lowest BCUT2D eigenvalue weighted by molar-refractivity contribution is -0.139. The molecule has 3 aromatic rings. The van der Waals surface area contributed by atoms with Crippen molar-refractivity contribution >= 4 is 23.4 Å². The molecule has 1 atom stereocenters. The lowest BCUT2D eigenvalue weighted by atomic mass is 9.96. The van der Waals surface area contributed by atoms with Crippen molar-refractivity contribution in [3.05, 3.63) is 90.4 Å². The van der Waals surface area contributed by atoms with Crippen molar-refractivity contribution in [1.29, 1.82) is 0 Å². The van der Waals surface area contributed by atoms with E-state index >= 15 is 0 Å². The summed E-state index contributed by atoms with van der Waals surface area (Å²) in [5.74, 6) is -1.15. The molecule has 1 aliphatic heterocycles. The number of alkyl halides is 2. The summed E-state index contributed by atoms with van der Waals surface area (Å²) >= 11 is 1.09. The Balaban J connectivity index is 1.88. The normalized spacial score (nSPS) is 15.5. The van der Waals surface area contributed by atoms with Gasteiger partial charge in [-0.3, -0.25) is 9.36 Å². The van der Waals surface area contributed by atoms with E-state index in [4.69, 9.17) is 9.47 Å². The van der Waals surface area contributed by atoms with E-state index < -0.39 is 30.0 Å². The van der Waals surface area contributed by atoms with E-state index in [1.165, 1.54) is 54.1 Å². The molecule has 0 saturated carbocycles. The molecule has 188 valence electrons. The molecule has 0 fully saturated rings. The monoisotopic (exact) mass is 518 g/mol. The summed E-state index contributed by atoms with van der Waals surface area (Å²) in [5, 5.41) is 0. The van der Waals surface area contributed by atoms with Crippen LogP contribution in [0.15, 0.2) is 63.5 Å². The predicted octanol–water partition coefficient (Wildman–Crippen LogP) is 3.55. The third-order valence-corrected chi connectivity index (χ3v) is 6.39. The van der Waals surface area contributed by atoms with E-state index in [0.717, 1.165) is 11.3 Å². The quantitative estimate of drug-likeness (QED) is 0.447. The first-order valence-electron chi connectivity index (χ1n) is 10.8. The first-order valence-corrected chi connectivity index (χ1v) is 11.6. The van der Waals surface area contributed by atoms with Gasteiger partial charge in [0.2, 0.25) is 0 Å². The van der Waals surface area contributed by atoms with E-state index in [1.54, 1.807) is 19.9 Å². The van der Waals surface area contributed by atoms with Gasteiger partial charge >= 0.3 is 12.6 Å². The molecule has 0 radical (unpaired) electrons. The third-order valence-electron chi connectivity index (χ3n) is 5.40. The SMILES string of the molecule is CCOC(=O)C1=C(C)N=c2s/c(=C/c3ccc(OC(F)F)c(OC)c3)c(=O)n2[C@H]1c1ccc(F)cc1. The van der Waals surface area contributed by atoms with Crippen molar-refractivity contribution in [2.24, 2.45) is 4.99 Å². The van der Waals surface area contributed by atoms with E-state index in [1.807, 2.05) is 0 Å². The number of esters is 1. The molecule has 2 heterocycles. The van der Waals surface area contributed by atoms with Crippen LogP contribution in [0.25, 0.3) is 6.08 Å². The number of fused-ring (bicyclic) bond motifs is 1. The number of hydrogen-bond donors (Lipinski definition) is 0. The van der Waals surface area contributed by atoms with Crippen molar-refractivity contribution in [1.82, 2.24) is 4.57 Å². The van der Waals surface area contributed by atoms with E-state index in [0.29, 0.717) is 21.6 Å². The fourth-order valence-corrected chi connectivity index (χ4v) is 4.92. The van der Waals surface area contributed by atoms with Gasteiger partial charge in [-0.1, -0.05) is 29.5 Å². The van der Waals surface area contributed by atoms with E-state index in [2.05, 4.69) is 9.73 Å². The lowest BCUT2D eigenvalue weighted by Gasteiger charge is -2.24. The molecule has 0 amide bonds. The summed E-state index contributed by atoms with van der Waals surface area (Å²) in [6, 6.07) is 8.91. The zero-order valence-corrected chi connectivity index (χ0v) is 20.3. The van der Waals surface area contributed by atoms with Crippen LogP contribution in [-0.2, 0) is 9.53 Å². The summed E-state index contributed by atoms with van der Waals surface area (Å²) < 4.78 is 55.4. The van der Waals surface area contributed by atoms with Crippen LogP contribution in [0.2, 0.25) is 0 Å². The van der Waals surface area contributed by atoms with Gasteiger partial charge in [0.15, 0.2) is 16.3 Å². The second kappa shape index (κ2) is 10.4. The van der Waals surface area contributed by atoms with Gasteiger partial charge in [-0.2, -0.15) is 8.78 Å². The molecule has 1 aromatic heterocycles. The van der Waals surface area contributed by atoms with Gasteiger partial charge in [-0.25, -0.2) is 14.2 Å². The maximum atomic E-state index is 13.6. The van der Waals surface area contributed by atoms with Crippen LogP contribution >= 0.6 is 11.3 Å². The number of benzene rings is 2. The number of halogens is 3. The molecule has 11 heteroatoms. The Bertz CT molecular complexity index is 1510. The van der Waals surface area contributed by atoms with Crippen molar-refractivity contribution < 1.29 is 32.2 Å². The number of carbonyl (C=O) groups is 1. The number of rotatable bonds is 7. The summed E-state index contributed by atoms with van der Waals surface area (Å²) in [7, 11) is 1.31. The van der Waals surface area contributed by atoms with E-state index in [-0.39, 0.29) is 28.2 Å². The van der Waals surface area contributed by atoms with Crippen LogP contribution in [0, 0.1) is 5.82 Å². The van der Waals surface area contributed by atoms with Crippen LogP contribution < -0.4 is 24.4 Å². The number of ether oxygens (including phenoxy) is 3. The molecule has 0 bridgehead atoms. The Hall–Kier alpha value is -3.86. The first kappa shape index (κ1) is 25.2. The summed E-state index contributed by atoms with van der Waals surface area (Å²) in [5.41, 5.74) is 1.13. The molecule has 2 aromatic carbocycles. The Morgan fingerprint density at radius 3 is 2.56 bits per heavy atom. The molecule has 0 aliphatic carbocycles. The molecular weight excluding hydrogens is 497 g/mol. The van der Waals surface area contributed by atoms with Gasteiger partial charge in [0.25, 0.3) is 5.56 Å². The minimum Gasteiger partial charge on any atom is -0.493 e. The zero-order valence-electron chi connectivity index (χ0n) is 19.5. The minimum absolute atomic E-state index is 0.0708. The van der Waals surface area contributed by atoms with E-state index in [9.17, 15) is 22.8 Å². The van der Waals surface area contributed by atoms with Crippen molar-refractivity contribution in [3.63, 3.8) is 0 Å². The summed E-state index contributed by atoms with van der Waals surface area (Å²) in [6.07, 6.45) is 1.56. The average molecular weight is 519 g/mol. The number of hydrogen-bond acceptors (Lipinski definition) is 7. The molecule has 0 spiro atoms. The molecule has 0 unspecified atom stereocenters. The Morgan fingerprint density at radius 1 is 1.19 bits per heavy atom. The maximum absolute atomic E-state index is 13.6. The van der Waals surface area contributed by atoms with Gasteiger partial charge in [0.05, 0.1) is 35.6 Å². The molecule has 4 rings (SSSR count). The van der Waals surface area contributed by atoms with Gasteiger partial charge in [0, 0.05) is 0 Å². The summed E-state index contributed by atoms with van der Waals surface area (Å²) in [6.45, 7) is 0.425. The maximum Gasteiger partial charge on any atom is 0.387 e. The zero-order chi connectivity index (χ0) is 26.0. The molecule has 1 aliphatic rings. The largest absolute Gasteiger partial charge is 0.493 e.